The van der Waals surface area contributed by atoms with Gasteiger partial charge < -0.3 is 5.32 Å². The number of hydrogen-bond donors (Lipinski definition) is 1. The number of nitrogens with one attached hydrogen (secondary N) is 1. The molecule has 0 bridgehead atoms. The number of fused-ring (bicyclic) bond motifs is 3. The average Bonchev–Trinajstić information content (AvgIpc) is 3.52. The molecule has 1 amide bonds. The topological polar surface area (TPSA) is 72.0 Å². The van der Waals surface area contributed by atoms with Crippen molar-refractivity contribution in [2.75, 3.05) is 11.1 Å². The highest BCUT2D eigenvalue weighted by Crippen LogP contribution is 2.44. The zero-order chi connectivity index (χ0) is 21.5. The van der Waals surface area contributed by atoms with Crippen LogP contribution in [0.25, 0.3) is 10.2 Å². The number of carbonyl (C=O) groups is 2. The van der Waals surface area contributed by atoms with Crippen molar-refractivity contribution >= 4 is 50.7 Å². The number of thiophene rings is 1. The smallest absolute Gasteiger partial charge is 0.221 e. The first-order valence-corrected chi connectivity index (χ1v) is 12.6. The maximum Gasteiger partial charge on any atom is 0.221 e. The fourth-order valence-electron chi connectivity index (χ4n) is 4.11. The molecule has 1 fully saturated rings. The van der Waals surface area contributed by atoms with Gasteiger partial charge in [-0.25, -0.2) is 9.97 Å². The van der Waals surface area contributed by atoms with E-state index in [1.807, 2.05) is 11.3 Å². The van der Waals surface area contributed by atoms with Crippen LogP contribution in [0, 0.1) is 5.92 Å². The second kappa shape index (κ2) is 8.36. The van der Waals surface area contributed by atoms with Crippen LogP contribution in [0.3, 0.4) is 0 Å². The van der Waals surface area contributed by atoms with Crippen molar-refractivity contribution in [3.63, 3.8) is 0 Å². The fraction of sp³-hybridized carbons (Fsp3) is 0.417. The highest BCUT2D eigenvalue weighted by molar-refractivity contribution is 8.00. The zero-order valence-electron chi connectivity index (χ0n) is 17.7. The van der Waals surface area contributed by atoms with Crippen molar-refractivity contribution in [3.05, 3.63) is 46.1 Å². The average molecular weight is 452 g/mol. The molecule has 3 aromatic rings. The fourth-order valence-corrected chi connectivity index (χ4v) is 6.52. The van der Waals surface area contributed by atoms with Gasteiger partial charge in [-0.15, -0.1) is 11.3 Å². The number of benzene rings is 1. The maximum absolute atomic E-state index is 12.8. The summed E-state index contributed by atoms with van der Waals surface area (Å²) in [5.41, 5.74) is 2.76. The molecule has 0 unspecified atom stereocenters. The molecule has 2 aliphatic rings. The molecule has 5 rings (SSSR count). The lowest BCUT2D eigenvalue weighted by atomic mass is 9.89. The van der Waals surface area contributed by atoms with Crippen LogP contribution in [0.5, 0.6) is 0 Å². The third-order valence-corrected chi connectivity index (χ3v) is 8.07. The van der Waals surface area contributed by atoms with Crippen molar-refractivity contribution in [1.82, 2.24) is 9.97 Å². The third-order valence-electron chi connectivity index (χ3n) is 5.95. The Balaban J connectivity index is 1.40. The molecule has 1 aromatic carbocycles. The summed E-state index contributed by atoms with van der Waals surface area (Å²) >= 11 is 3.37. The molecule has 31 heavy (non-hydrogen) atoms. The first kappa shape index (κ1) is 20.6. The summed E-state index contributed by atoms with van der Waals surface area (Å²) in [7, 11) is 0. The number of aromatic nitrogens is 2. The minimum Gasteiger partial charge on any atom is -0.326 e. The molecule has 2 heterocycles. The third kappa shape index (κ3) is 4.39. The molecule has 5 nitrogen and oxygen atoms in total. The number of aryl methyl sites for hydroxylation is 1. The summed E-state index contributed by atoms with van der Waals surface area (Å²) in [6, 6.07) is 7.08. The SMILES string of the molecule is CC(=O)Nc1ccc(C(=O)CSc2nc(C3CC3)nc3sc4c(c23)CC[C@H](C)C4)cc1. The number of Topliss-reactive ketones (excluding diaryl/α,β-unsaturated/α-hetero) is 1. The summed E-state index contributed by atoms with van der Waals surface area (Å²) in [6.45, 7) is 3.79. The molecule has 0 saturated heterocycles. The molecule has 0 radical (unpaired) electrons. The summed E-state index contributed by atoms with van der Waals surface area (Å²) in [5, 5.41) is 4.89. The van der Waals surface area contributed by atoms with E-state index < -0.39 is 0 Å². The van der Waals surface area contributed by atoms with E-state index in [0.717, 1.165) is 47.3 Å². The first-order chi connectivity index (χ1) is 15.0. The molecular weight excluding hydrogens is 426 g/mol. The van der Waals surface area contributed by atoms with Crippen LogP contribution in [0.1, 0.15) is 65.7 Å². The van der Waals surface area contributed by atoms with Crippen molar-refractivity contribution in [2.24, 2.45) is 5.92 Å². The molecule has 160 valence electrons. The predicted molar refractivity (Wildman–Crippen MR) is 126 cm³/mol. The Morgan fingerprint density at radius 3 is 2.65 bits per heavy atom. The van der Waals surface area contributed by atoms with Gasteiger partial charge in [0.25, 0.3) is 0 Å². The van der Waals surface area contributed by atoms with Crippen molar-refractivity contribution in [1.29, 1.82) is 0 Å². The van der Waals surface area contributed by atoms with Crippen LogP contribution in [0.15, 0.2) is 29.3 Å². The summed E-state index contributed by atoms with van der Waals surface area (Å²) in [6.07, 6.45) is 5.73. The second-order valence-corrected chi connectivity index (χ2v) is 10.7. The van der Waals surface area contributed by atoms with Crippen LogP contribution in [-0.4, -0.2) is 27.4 Å². The van der Waals surface area contributed by atoms with E-state index in [-0.39, 0.29) is 11.7 Å². The van der Waals surface area contributed by atoms with Crippen LogP contribution in [-0.2, 0) is 17.6 Å². The first-order valence-electron chi connectivity index (χ1n) is 10.8. The van der Waals surface area contributed by atoms with E-state index in [2.05, 4.69) is 12.2 Å². The lowest BCUT2D eigenvalue weighted by Crippen LogP contribution is -2.09. The van der Waals surface area contributed by atoms with Crippen molar-refractivity contribution in [2.45, 2.75) is 56.9 Å². The van der Waals surface area contributed by atoms with Gasteiger partial charge in [-0.1, -0.05) is 18.7 Å². The molecular formula is C24H25N3O2S2. The molecule has 1 atom stereocenters. The van der Waals surface area contributed by atoms with E-state index in [1.165, 1.54) is 29.2 Å². The van der Waals surface area contributed by atoms with E-state index in [1.54, 1.807) is 36.0 Å². The summed E-state index contributed by atoms with van der Waals surface area (Å²) < 4.78 is 0. The molecule has 2 aliphatic carbocycles. The summed E-state index contributed by atoms with van der Waals surface area (Å²) in [5.74, 6) is 2.44. The molecule has 1 saturated carbocycles. The predicted octanol–water partition coefficient (Wildman–Crippen LogP) is 5.63. The molecule has 2 aromatic heterocycles. The van der Waals surface area contributed by atoms with Gasteiger partial charge in [0.1, 0.15) is 15.7 Å². The monoisotopic (exact) mass is 451 g/mol. The van der Waals surface area contributed by atoms with E-state index in [0.29, 0.717) is 22.9 Å². The maximum atomic E-state index is 12.8. The van der Waals surface area contributed by atoms with Gasteiger partial charge in [-0.3, -0.25) is 9.59 Å². The zero-order valence-corrected chi connectivity index (χ0v) is 19.4. The molecule has 0 aliphatic heterocycles. The standard InChI is InChI=1S/C24H25N3O2S2/c1-13-3-10-18-20(11-13)31-24-21(18)23(26-22(27-24)16-4-5-16)30-12-19(29)15-6-8-17(9-7-15)25-14(2)28/h6-9,13,16H,3-5,10-12H2,1-2H3,(H,25,28)/t13-/m0/s1. The number of rotatable bonds is 6. The Morgan fingerprint density at radius 1 is 1.16 bits per heavy atom. The minimum atomic E-state index is -0.123. The number of anilines is 1. The lowest BCUT2D eigenvalue weighted by molar-refractivity contribution is -0.114. The van der Waals surface area contributed by atoms with Gasteiger partial charge in [0.2, 0.25) is 5.91 Å². The lowest BCUT2D eigenvalue weighted by Gasteiger charge is -2.18. The molecule has 7 heteroatoms. The Hall–Kier alpha value is -2.25. The Bertz CT molecular complexity index is 1170. The molecule has 0 spiro atoms. The van der Waals surface area contributed by atoms with Gasteiger partial charge >= 0.3 is 0 Å². The quantitative estimate of drug-likeness (QED) is 0.299. The van der Waals surface area contributed by atoms with Crippen LogP contribution in [0.2, 0.25) is 0 Å². The summed E-state index contributed by atoms with van der Waals surface area (Å²) in [4.78, 5) is 36.4. The highest BCUT2D eigenvalue weighted by Gasteiger charge is 2.30. The highest BCUT2D eigenvalue weighted by atomic mass is 32.2. The van der Waals surface area contributed by atoms with Crippen LogP contribution < -0.4 is 5.32 Å². The van der Waals surface area contributed by atoms with E-state index in [4.69, 9.17) is 9.97 Å². The second-order valence-electron chi connectivity index (χ2n) is 8.66. The van der Waals surface area contributed by atoms with Crippen LogP contribution >= 0.6 is 23.1 Å². The van der Waals surface area contributed by atoms with E-state index >= 15 is 0 Å². The van der Waals surface area contributed by atoms with E-state index in [9.17, 15) is 9.59 Å². The van der Waals surface area contributed by atoms with Gasteiger partial charge in [-0.2, -0.15) is 0 Å². The number of thioether (sulfide) groups is 1. The van der Waals surface area contributed by atoms with Crippen LogP contribution in [0.4, 0.5) is 5.69 Å². The Labute approximate surface area is 190 Å². The number of ketones is 1. The van der Waals surface area contributed by atoms with Gasteiger partial charge in [-0.05, 0) is 67.9 Å². The van der Waals surface area contributed by atoms with Gasteiger partial charge in [0.15, 0.2) is 5.78 Å². The van der Waals surface area contributed by atoms with Crippen molar-refractivity contribution in [3.8, 4) is 0 Å². The van der Waals surface area contributed by atoms with Crippen molar-refractivity contribution < 1.29 is 9.59 Å². The normalized spacial score (nSPS) is 18.1. The Kier molecular flexibility index (Phi) is 5.56. The van der Waals surface area contributed by atoms with Gasteiger partial charge in [0, 0.05) is 34.4 Å². The number of hydrogen-bond acceptors (Lipinski definition) is 6. The minimum absolute atomic E-state index is 0.0665. The number of nitrogens with zero attached hydrogens (tertiary/aromatic N) is 2. The number of amides is 1. The molecule has 1 N–H and O–H groups in total. The number of carbonyl (C=O) groups excluding carboxylic acids is 2. The van der Waals surface area contributed by atoms with Gasteiger partial charge in [0.05, 0.1) is 5.75 Å². The Morgan fingerprint density at radius 2 is 1.94 bits per heavy atom. The largest absolute Gasteiger partial charge is 0.326 e.